The van der Waals surface area contributed by atoms with Gasteiger partial charge in [0.1, 0.15) is 0 Å². The van der Waals surface area contributed by atoms with Crippen LogP contribution in [-0.4, -0.2) is 41.5 Å². The van der Waals surface area contributed by atoms with Crippen molar-refractivity contribution in [3.8, 4) is 0 Å². The minimum Gasteiger partial charge on any atom is -0.383 e. The molecule has 1 aromatic heterocycles. The average Bonchev–Trinajstić information content (AvgIpc) is 2.62. The highest BCUT2D eigenvalue weighted by molar-refractivity contribution is 7.98. The van der Waals surface area contributed by atoms with E-state index in [1.165, 1.54) is 4.90 Å². The highest BCUT2D eigenvalue weighted by Crippen LogP contribution is 2.22. The molecule has 1 atom stereocenters. The monoisotopic (exact) mass is 361 g/mol. The molecule has 0 saturated carbocycles. The van der Waals surface area contributed by atoms with Crippen molar-refractivity contribution < 1.29 is 4.74 Å². The molecule has 0 saturated heterocycles. The maximum Gasteiger partial charge on any atom is 0.174 e. The van der Waals surface area contributed by atoms with E-state index in [9.17, 15) is 0 Å². The molecular weight excluding hydrogens is 338 g/mol. The number of anilines is 1. The van der Waals surface area contributed by atoms with Crippen molar-refractivity contribution in [2.75, 3.05) is 31.8 Å². The van der Waals surface area contributed by atoms with Gasteiger partial charge in [-0.05, 0) is 55.2 Å². The molecule has 0 aliphatic carbocycles. The Balaban J connectivity index is 2.15. The third-order valence-corrected chi connectivity index (χ3v) is 4.81. The Hall–Kier alpha value is -1.63. The van der Waals surface area contributed by atoms with Gasteiger partial charge in [-0.1, -0.05) is 12.1 Å². The number of thiocarbonyl (C=S) groups is 1. The molecular formula is C18H23N3OS2. The predicted octanol–water partition coefficient (Wildman–Crippen LogP) is 4.21. The summed E-state index contributed by atoms with van der Waals surface area (Å²) >= 11 is 7.37. The van der Waals surface area contributed by atoms with Crippen LogP contribution >= 0.6 is 24.0 Å². The Morgan fingerprint density at radius 2 is 2.21 bits per heavy atom. The van der Waals surface area contributed by atoms with Crippen LogP contribution in [0, 0.1) is 0 Å². The van der Waals surface area contributed by atoms with Crippen LogP contribution in [0.15, 0.2) is 53.7 Å². The zero-order valence-electron chi connectivity index (χ0n) is 14.2. The van der Waals surface area contributed by atoms with E-state index in [1.54, 1.807) is 25.1 Å². The van der Waals surface area contributed by atoms with E-state index in [4.69, 9.17) is 17.0 Å². The lowest BCUT2D eigenvalue weighted by molar-refractivity contribution is 0.165. The standard InChI is InChI=1S/C18H23N3OS2/c1-14(15-6-5-9-19-13-15)21(10-11-22-2)18(23)20-16-7-4-8-17(12-16)24-3/h4-9,12-14H,10-11H2,1-3H3,(H,20,23). The van der Waals surface area contributed by atoms with Crippen molar-refractivity contribution in [2.24, 2.45) is 0 Å². The van der Waals surface area contributed by atoms with E-state index in [1.807, 2.05) is 24.4 Å². The summed E-state index contributed by atoms with van der Waals surface area (Å²) in [7, 11) is 1.70. The highest BCUT2D eigenvalue weighted by Gasteiger charge is 2.19. The van der Waals surface area contributed by atoms with Crippen LogP contribution in [0.1, 0.15) is 18.5 Å². The fourth-order valence-electron chi connectivity index (χ4n) is 2.36. The fraction of sp³-hybridized carbons (Fsp3) is 0.333. The minimum atomic E-state index is 0.109. The summed E-state index contributed by atoms with van der Waals surface area (Å²) < 4.78 is 5.25. The molecule has 4 nitrogen and oxygen atoms in total. The molecule has 1 N–H and O–H groups in total. The maximum absolute atomic E-state index is 5.66. The van der Waals surface area contributed by atoms with Gasteiger partial charge in [-0.15, -0.1) is 11.8 Å². The maximum atomic E-state index is 5.66. The van der Waals surface area contributed by atoms with E-state index in [-0.39, 0.29) is 6.04 Å². The van der Waals surface area contributed by atoms with Gasteiger partial charge in [-0.25, -0.2) is 0 Å². The topological polar surface area (TPSA) is 37.4 Å². The second kappa shape index (κ2) is 9.61. The van der Waals surface area contributed by atoms with E-state index in [0.717, 1.165) is 11.3 Å². The number of aromatic nitrogens is 1. The van der Waals surface area contributed by atoms with Crippen LogP contribution in [0.5, 0.6) is 0 Å². The van der Waals surface area contributed by atoms with Gasteiger partial charge in [0.05, 0.1) is 12.6 Å². The number of rotatable bonds is 7. The smallest absolute Gasteiger partial charge is 0.174 e. The van der Waals surface area contributed by atoms with E-state index < -0.39 is 0 Å². The van der Waals surface area contributed by atoms with Crippen molar-refractivity contribution in [1.29, 1.82) is 0 Å². The summed E-state index contributed by atoms with van der Waals surface area (Å²) in [5, 5.41) is 4.03. The molecule has 0 fully saturated rings. The van der Waals surface area contributed by atoms with E-state index in [2.05, 4.69) is 46.6 Å². The molecule has 1 unspecified atom stereocenters. The Labute approximate surface area is 153 Å². The van der Waals surface area contributed by atoms with Gasteiger partial charge in [-0.3, -0.25) is 4.98 Å². The summed E-state index contributed by atoms with van der Waals surface area (Å²) in [5.74, 6) is 0. The lowest BCUT2D eigenvalue weighted by Gasteiger charge is -2.32. The zero-order chi connectivity index (χ0) is 17.4. The molecule has 0 aliphatic rings. The minimum absolute atomic E-state index is 0.109. The number of ether oxygens (including phenoxy) is 1. The summed E-state index contributed by atoms with van der Waals surface area (Å²) in [6.07, 6.45) is 5.72. The van der Waals surface area contributed by atoms with Crippen molar-refractivity contribution in [3.63, 3.8) is 0 Å². The van der Waals surface area contributed by atoms with Gasteiger partial charge in [0, 0.05) is 36.6 Å². The van der Waals surface area contributed by atoms with Gasteiger partial charge in [0.25, 0.3) is 0 Å². The second-order valence-corrected chi connectivity index (χ2v) is 6.58. The zero-order valence-corrected chi connectivity index (χ0v) is 15.9. The Morgan fingerprint density at radius 3 is 2.88 bits per heavy atom. The number of methoxy groups -OCH3 is 1. The molecule has 0 amide bonds. The van der Waals surface area contributed by atoms with Gasteiger partial charge in [-0.2, -0.15) is 0 Å². The van der Waals surface area contributed by atoms with Crippen LogP contribution in [-0.2, 0) is 4.74 Å². The van der Waals surface area contributed by atoms with Crippen LogP contribution in [0.3, 0.4) is 0 Å². The van der Waals surface area contributed by atoms with Crippen LogP contribution < -0.4 is 5.32 Å². The van der Waals surface area contributed by atoms with Gasteiger partial charge in [0.15, 0.2) is 5.11 Å². The molecule has 0 radical (unpaired) electrons. The molecule has 1 heterocycles. The normalized spacial score (nSPS) is 11.8. The van der Waals surface area contributed by atoms with Gasteiger partial charge in [0.2, 0.25) is 0 Å². The number of pyridine rings is 1. The molecule has 0 spiro atoms. The largest absolute Gasteiger partial charge is 0.383 e. The molecule has 6 heteroatoms. The first kappa shape index (κ1) is 18.7. The molecule has 1 aromatic carbocycles. The fourth-order valence-corrected chi connectivity index (χ4v) is 3.19. The first-order valence-electron chi connectivity index (χ1n) is 7.76. The summed E-state index contributed by atoms with van der Waals surface area (Å²) in [6, 6.07) is 12.3. The van der Waals surface area contributed by atoms with E-state index >= 15 is 0 Å². The molecule has 0 aliphatic heterocycles. The number of thioether (sulfide) groups is 1. The lowest BCUT2D eigenvalue weighted by atomic mass is 10.1. The average molecular weight is 362 g/mol. The third kappa shape index (κ3) is 5.19. The van der Waals surface area contributed by atoms with Crippen LogP contribution in [0.2, 0.25) is 0 Å². The first-order valence-corrected chi connectivity index (χ1v) is 9.39. The van der Waals surface area contributed by atoms with Crippen molar-refractivity contribution in [2.45, 2.75) is 17.9 Å². The van der Waals surface area contributed by atoms with Crippen molar-refractivity contribution in [1.82, 2.24) is 9.88 Å². The Bertz CT molecular complexity index is 652. The first-order chi connectivity index (χ1) is 11.7. The van der Waals surface area contributed by atoms with Crippen LogP contribution in [0.25, 0.3) is 0 Å². The number of nitrogens with one attached hydrogen (secondary N) is 1. The Kier molecular flexibility index (Phi) is 7.49. The Morgan fingerprint density at radius 1 is 1.38 bits per heavy atom. The van der Waals surface area contributed by atoms with Crippen molar-refractivity contribution >= 4 is 34.8 Å². The lowest BCUT2D eigenvalue weighted by Crippen LogP contribution is -2.39. The molecule has 2 rings (SSSR count). The van der Waals surface area contributed by atoms with Crippen molar-refractivity contribution in [3.05, 3.63) is 54.4 Å². The SMILES string of the molecule is COCCN(C(=S)Nc1cccc(SC)c1)C(C)c1cccnc1. The van der Waals surface area contributed by atoms with Gasteiger partial charge >= 0.3 is 0 Å². The molecule has 2 aromatic rings. The van der Waals surface area contributed by atoms with Gasteiger partial charge < -0.3 is 15.0 Å². The molecule has 128 valence electrons. The number of hydrogen-bond acceptors (Lipinski definition) is 4. The predicted molar refractivity (Wildman–Crippen MR) is 106 cm³/mol. The summed E-state index contributed by atoms with van der Waals surface area (Å²) in [5.41, 5.74) is 2.11. The molecule has 24 heavy (non-hydrogen) atoms. The summed E-state index contributed by atoms with van der Waals surface area (Å²) in [4.78, 5) is 7.54. The number of hydrogen-bond donors (Lipinski definition) is 1. The molecule has 0 bridgehead atoms. The van der Waals surface area contributed by atoms with Crippen LogP contribution in [0.4, 0.5) is 5.69 Å². The number of nitrogens with zero attached hydrogens (tertiary/aromatic N) is 2. The quantitative estimate of drug-likeness (QED) is 0.588. The second-order valence-electron chi connectivity index (χ2n) is 5.31. The summed E-state index contributed by atoms with van der Waals surface area (Å²) in [6.45, 7) is 3.44. The third-order valence-electron chi connectivity index (χ3n) is 3.75. The van der Waals surface area contributed by atoms with E-state index in [0.29, 0.717) is 18.3 Å². The number of benzene rings is 1. The highest BCUT2D eigenvalue weighted by atomic mass is 32.2.